The van der Waals surface area contributed by atoms with Crippen LogP contribution in [0.15, 0.2) is 0 Å². The number of ether oxygens (including phenoxy) is 1. The highest BCUT2D eigenvalue weighted by Crippen LogP contribution is 2.15. The third kappa shape index (κ3) is 10.3. The Hall–Kier alpha value is -0.570. The van der Waals surface area contributed by atoms with E-state index in [2.05, 4.69) is 20.8 Å². The van der Waals surface area contributed by atoms with Crippen molar-refractivity contribution in [3.05, 3.63) is 0 Å². The molecule has 2 atom stereocenters. The minimum atomic E-state index is -0.137. The number of carbonyl (C=O) groups excluding carboxylic acids is 1. The molecule has 0 rings (SSSR count). The molecule has 17 heavy (non-hydrogen) atoms. The molecule has 1 N–H and O–H groups in total. The molecule has 0 bridgehead atoms. The molecule has 0 fully saturated rings. The van der Waals surface area contributed by atoms with Crippen molar-refractivity contribution in [3.8, 4) is 0 Å². The maximum Gasteiger partial charge on any atom is 0.306 e. The molecule has 0 aromatic carbocycles. The van der Waals surface area contributed by atoms with Crippen LogP contribution < -0.4 is 0 Å². The van der Waals surface area contributed by atoms with Gasteiger partial charge in [0.05, 0.1) is 6.61 Å². The lowest BCUT2D eigenvalue weighted by Crippen LogP contribution is -2.16. The fourth-order valence-corrected chi connectivity index (χ4v) is 1.61. The lowest BCUT2D eigenvalue weighted by molar-refractivity contribution is -0.146. The van der Waals surface area contributed by atoms with Gasteiger partial charge in [-0.05, 0) is 11.8 Å². The molecule has 3 heteroatoms. The number of carbonyl (C=O) groups is 1. The minimum absolute atomic E-state index is 0.0372. The van der Waals surface area contributed by atoms with Gasteiger partial charge in [-0.25, -0.2) is 0 Å². The summed E-state index contributed by atoms with van der Waals surface area (Å²) in [7, 11) is 0. The van der Waals surface area contributed by atoms with Gasteiger partial charge in [0, 0.05) is 18.9 Å². The highest BCUT2D eigenvalue weighted by atomic mass is 16.5. The maximum absolute atomic E-state index is 11.5. The molecule has 0 heterocycles. The van der Waals surface area contributed by atoms with Crippen molar-refractivity contribution in [1.82, 2.24) is 0 Å². The van der Waals surface area contributed by atoms with E-state index >= 15 is 0 Å². The van der Waals surface area contributed by atoms with Crippen molar-refractivity contribution in [2.75, 3.05) is 13.2 Å². The molecule has 0 aliphatic heterocycles. The van der Waals surface area contributed by atoms with Crippen molar-refractivity contribution in [1.29, 1.82) is 0 Å². The molecule has 0 saturated carbocycles. The van der Waals surface area contributed by atoms with Gasteiger partial charge >= 0.3 is 5.97 Å². The zero-order chi connectivity index (χ0) is 13.3. The smallest absolute Gasteiger partial charge is 0.306 e. The Morgan fingerprint density at radius 2 is 1.76 bits per heavy atom. The highest BCUT2D eigenvalue weighted by Gasteiger charge is 2.11. The van der Waals surface area contributed by atoms with Crippen LogP contribution in [0.4, 0.5) is 0 Å². The second kappa shape index (κ2) is 9.46. The van der Waals surface area contributed by atoms with E-state index in [1.54, 1.807) is 0 Å². The Balaban J connectivity index is 3.58. The van der Waals surface area contributed by atoms with E-state index in [1.807, 2.05) is 6.92 Å². The number of hydrogen-bond donors (Lipinski definition) is 1. The van der Waals surface area contributed by atoms with Gasteiger partial charge in [0.2, 0.25) is 0 Å². The Kier molecular flexibility index (Phi) is 9.14. The van der Waals surface area contributed by atoms with Gasteiger partial charge in [0.1, 0.15) is 0 Å². The Morgan fingerprint density at radius 3 is 2.29 bits per heavy atom. The quantitative estimate of drug-likeness (QED) is 0.634. The second-order valence-corrected chi connectivity index (χ2v) is 5.60. The summed E-state index contributed by atoms with van der Waals surface area (Å²) in [5.74, 6) is 1.03. The first-order valence-electron chi connectivity index (χ1n) is 6.72. The predicted octanol–water partition coefficient (Wildman–Crippen LogP) is 3.01. The van der Waals surface area contributed by atoms with Gasteiger partial charge < -0.3 is 9.84 Å². The van der Waals surface area contributed by atoms with Crippen LogP contribution in [-0.2, 0) is 9.53 Å². The summed E-state index contributed by atoms with van der Waals surface area (Å²) < 4.78 is 5.09. The molecule has 3 nitrogen and oxygen atoms in total. The van der Waals surface area contributed by atoms with Gasteiger partial charge in [-0.1, -0.05) is 47.0 Å². The summed E-state index contributed by atoms with van der Waals surface area (Å²) in [6, 6.07) is 0. The summed E-state index contributed by atoms with van der Waals surface area (Å²) in [4.78, 5) is 11.5. The molecule has 1 unspecified atom stereocenters. The predicted molar refractivity (Wildman–Crippen MR) is 69.7 cm³/mol. The number of hydrogen-bond acceptors (Lipinski definition) is 3. The zero-order valence-electron chi connectivity index (χ0n) is 11.7. The van der Waals surface area contributed by atoms with Crippen LogP contribution in [-0.4, -0.2) is 24.3 Å². The van der Waals surface area contributed by atoms with E-state index < -0.39 is 0 Å². The third-order valence-electron chi connectivity index (χ3n) is 2.83. The normalized spacial score (nSPS) is 14.7. The monoisotopic (exact) mass is 244 g/mol. The van der Waals surface area contributed by atoms with Crippen LogP contribution in [0.25, 0.3) is 0 Å². The van der Waals surface area contributed by atoms with Crippen molar-refractivity contribution in [2.24, 2.45) is 17.8 Å². The van der Waals surface area contributed by atoms with Crippen LogP contribution in [0.1, 0.15) is 53.4 Å². The molecule has 102 valence electrons. The molecule has 0 aliphatic rings. The first kappa shape index (κ1) is 16.4. The van der Waals surface area contributed by atoms with Gasteiger partial charge in [-0.3, -0.25) is 4.79 Å². The molecule has 0 radical (unpaired) electrons. The summed E-state index contributed by atoms with van der Waals surface area (Å²) in [5, 5.41) is 8.81. The molecular formula is C14H28O3. The number of rotatable bonds is 9. The molecule has 0 amide bonds. The minimum Gasteiger partial charge on any atom is -0.465 e. The molecule has 0 saturated heterocycles. The number of aliphatic hydroxyl groups is 1. The van der Waals surface area contributed by atoms with Gasteiger partial charge in [-0.15, -0.1) is 0 Å². The van der Waals surface area contributed by atoms with E-state index in [1.165, 1.54) is 12.8 Å². The van der Waals surface area contributed by atoms with Gasteiger partial charge in [-0.2, -0.15) is 0 Å². The summed E-state index contributed by atoms with van der Waals surface area (Å²) in [6.45, 7) is 8.78. The van der Waals surface area contributed by atoms with E-state index in [9.17, 15) is 4.79 Å². The van der Waals surface area contributed by atoms with Gasteiger partial charge in [0.25, 0.3) is 0 Å². The second-order valence-electron chi connectivity index (χ2n) is 5.60. The van der Waals surface area contributed by atoms with Crippen molar-refractivity contribution < 1.29 is 14.6 Å². The van der Waals surface area contributed by atoms with Crippen LogP contribution >= 0.6 is 0 Å². The van der Waals surface area contributed by atoms with Crippen molar-refractivity contribution >= 4 is 5.97 Å². The Morgan fingerprint density at radius 1 is 1.12 bits per heavy atom. The lowest BCUT2D eigenvalue weighted by Gasteiger charge is -2.13. The Bertz CT molecular complexity index is 202. The van der Waals surface area contributed by atoms with E-state index in [-0.39, 0.29) is 18.5 Å². The Labute approximate surface area is 106 Å². The molecule has 0 aliphatic carbocycles. The SMILES string of the molecule is CC(C)CCCC(C)CC(=O)OC[C@@H](C)CO. The lowest BCUT2D eigenvalue weighted by atomic mass is 9.97. The number of aliphatic hydroxyl groups excluding tert-OH is 1. The molecular weight excluding hydrogens is 216 g/mol. The largest absolute Gasteiger partial charge is 0.465 e. The topological polar surface area (TPSA) is 46.5 Å². The average molecular weight is 244 g/mol. The van der Waals surface area contributed by atoms with Crippen LogP contribution in [0, 0.1) is 17.8 Å². The molecule has 0 aromatic heterocycles. The third-order valence-corrected chi connectivity index (χ3v) is 2.83. The van der Waals surface area contributed by atoms with Crippen LogP contribution in [0.5, 0.6) is 0 Å². The van der Waals surface area contributed by atoms with Crippen LogP contribution in [0.3, 0.4) is 0 Å². The summed E-state index contributed by atoms with van der Waals surface area (Å²) >= 11 is 0. The fourth-order valence-electron chi connectivity index (χ4n) is 1.61. The molecule has 0 spiro atoms. The zero-order valence-corrected chi connectivity index (χ0v) is 11.7. The first-order valence-corrected chi connectivity index (χ1v) is 6.72. The summed E-state index contributed by atoms with van der Waals surface area (Å²) in [5.41, 5.74) is 0. The summed E-state index contributed by atoms with van der Waals surface area (Å²) in [6.07, 6.45) is 3.99. The van der Waals surface area contributed by atoms with Gasteiger partial charge in [0.15, 0.2) is 0 Å². The fraction of sp³-hybridized carbons (Fsp3) is 0.929. The van der Waals surface area contributed by atoms with Crippen molar-refractivity contribution in [2.45, 2.75) is 53.4 Å². The molecule has 0 aromatic rings. The first-order chi connectivity index (χ1) is 7.95. The average Bonchev–Trinajstić information content (AvgIpc) is 2.25. The van der Waals surface area contributed by atoms with Crippen molar-refractivity contribution in [3.63, 3.8) is 0 Å². The maximum atomic E-state index is 11.5. The number of esters is 1. The van der Waals surface area contributed by atoms with E-state index in [0.717, 1.165) is 12.3 Å². The van der Waals surface area contributed by atoms with Crippen LogP contribution in [0.2, 0.25) is 0 Å². The van der Waals surface area contributed by atoms with E-state index in [0.29, 0.717) is 18.9 Å². The highest BCUT2D eigenvalue weighted by molar-refractivity contribution is 5.69. The van der Waals surface area contributed by atoms with E-state index in [4.69, 9.17) is 9.84 Å². The standard InChI is InChI=1S/C14H28O3/c1-11(2)6-5-7-12(3)8-14(16)17-10-13(4)9-15/h11-13,15H,5-10H2,1-4H3/t12?,13-/m0/s1.